The summed E-state index contributed by atoms with van der Waals surface area (Å²) in [6.45, 7) is 0. The number of carbonyl (C=O) groups is 1. The Morgan fingerprint density at radius 3 is 2.06 bits per heavy atom. The van der Waals surface area contributed by atoms with Crippen molar-refractivity contribution in [1.82, 2.24) is 0 Å². The maximum absolute atomic E-state index is 12.6. The fraction of sp³-hybridized carbons (Fsp3) is 0. The molecule has 4 aromatic rings. The molecule has 0 fully saturated rings. The molecule has 32 heavy (non-hydrogen) atoms. The summed E-state index contributed by atoms with van der Waals surface area (Å²) in [7, 11) is -4.67. The predicted octanol–water partition coefficient (Wildman–Crippen LogP) is -2.90. The van der Waals surface area contributed by atoms with Crippen LogP contribution in [-0.4, -0.2) is 18.9 Å². The van der Waals surface area contributed by atoms with Gasteiger partial charge in [0.15, 0.2) is 0 Å². The first-order valence-corrected chi connectivity index (χ1v) is 10.1. The van der Waals surface area contributed by atoms with E-state index in [0.29, 0.717) is 16.2 Å². The zero-order chi connectivity index (χ0) is 21.5. The van der Waals surface area contributed by atoms with E-state index in [-0.39, 0.29) is 75.9 Å². The minimum Gasteiger partial charge on any atom is -0.871 e. The van der Waals surface area contributed by atoms with Crippen LogP contribution >= 0.6 is 0 Å². The molecule has 0 aromatic heterocycles. The number of nitrogens with zero attached hydrogens (tertiary/aromatic N) is 2. The zero-order valence-electron chi connectivity index (χ0n) is 17.1. The third-order valence-electron chi connectivity index (χ3n) is 4.57. The number of rotatable bonds is 4. The molecule has 0 aliphatic carbocycles. The minimum atomic E-state index is -4.67. The van der Waals surface area contributed by atoms with Crippen LogP contribution in [0, 0.1) is 0 Å². The standard InChI is InChI=1S/C21H14N2O6S.2Na/c24-19-16(21(25)26)11-13-6-2-3-7-14(13)18(19)23-22-17-10-9-12-5-1-4-8-15(12)20(17)30(27,28)29;;/h1-11,24H,(H,25,26)(H,27,28,29);;/q;2*+1/p-2. The van der Waals surface area contributed by atoms with E-state index in [1.54, 1.807) is 48.5 Å². The Balaban J connectivity index is 0.00000181. The zero-order valence-corrected chi connectivity index (χ0v) is 22.0. The molecule has 0 bridgehead atoms. The van der Waals surface area contributed by atoms with E-state index in [4.69, 9.17) is 0 Å². The van der Waals surface area contributed by atoms with Gasteiger partial charge in [-0.05, 0) is 28.5 Å². The topological polar surface area (TPSA) is 142 Å². The van der Waals surface area contributed by atoms with Crippen LogP contribution in [0.5, 0.6) is 5.75 Å². The van der Waals surface area contributed by atoms with Gasteiger partial charge in [0.25, 0.3) is 10.1 Å². The fourth-order valence-electron chi connectivity index (χ4n) is 3.25. The van der Waals surface area contributed by atoms with E-state index in [1.165, 1.54) is 18.2 Å². The van der Waals surface area contributed by atoms with Gasteiger partial charge in [-0.15, -0.1) is 5.11 Å². The second-order valence-corrected chi connectivity index (χ2v) is 7.78. The van der Waals surface area contributed by atoms with Gasteiger partial charge in [-0.3, -0.25) is 4.55 Å². The van der Waals surface area contributed by atoms with Crippen LogP contribution in [0.1, 0.15) is 10.4 Å². The molecule has 0 aliphatic rings. The maximum Gasteiger partial charge on any atom is 1.00 e. The fourth-order valence-corrected chi connectivity index (χ4v) is 4.08. The summed E-state index contributed by atoms with van der Waals surface area (Å²) in [4.78, 5) is 10.9. The Morgan fingerprint density at radius 1 is 0.844 bits per heavy atom. The molecule has 4 rings (SSSR count). The normalized spacial score (nSPS) is 11.3. The molecule has 0 amide bonds. The van der Waals surface area contributed by atoms with Gasteiger partial charge in [-0.25, -0.2) is 0 Å². The Kier molecular flexibility index (Phi) is 8.60. The average Bonchev–Trinajstić information content (AvgIpc) is 2.71. The van der Waals surface area contributed by atoms with Crippen LogP contribution in [0.4, 0.5) is 11.4 Å². The van der Waals surface area contributed by atoms with E-state index in [9.17, 15) is 28.0 Å². The summed E-state index contributed by atoms with van der Waals surface area (Å²) in [5.41, 5.74) is -1.06. The number of hydrogen-bond acceptors (Lipinski definition) is 7. The number of azo groups is 1. The molecular weight excluding hydrogens is 454 g/mol. The number of carbonyl (C=O) groups excluding carboxylic acids is 1. The summed E-state index contributed by atoms with van der Waals surface area (Å²) in [6.07, 6.45) is 0. The summed E-state index contributed by atoms with van der Waals surface area (Å²) in [5.74, 6) is -2.57. The molecule has 150 valence electrons. The Hall–Kier alpha value is -1.82. The van der Waals surface area contributed by atoms with Crippen molar-refractivity contribution < 1.29 is 87.1 Å². The van der Waals surface area contributed by atoms with Gasteiger partial charge in [0.1, 0.15) is 10.6 Å². The van der Waals surface area contributed by atoms with E-state index in [0.717, 1.165) is 0 Å². The van der Waals surface area contributed by atoms with Gasteiger partial charge in [-0.2, -0.15) is 13.5 Å². The number of carboxylic acids is 1. The van der Waals surface area contributed by atoms with Crippen LogP contribution in [0.3, 0.4) is 0 Å². The van der Waals surface area contributed by atoms with Gasteiger partial charge < -0.3 is 15.0 Å². The molecule has 0 spiro atoms. The van der Waals surface area contributed by atoms with Crippen molar-refractivity contribution in [1.29, 1.82) is 0 Å². The molecule has 4 aromatic carbocycles. The van der Waals surface area contributed by atoms with Gasteiger partial charge in [0.05, 0.1) is 11.7 Å². The van der Waals surface area contributed by atoms with Crippen molar-refractivity contribution in [3.8, 4) is 5.75 Å². The van der Waals surface area contributed by atoms with Crippen LogP contribution in [-0.2, 0) is 10.1 Å². The van der Waals surface area contributed by atoms with Gasteiger partial charge in [-0.1, -0.05) is 60.3 Å². The van der Waals surface area contributed by atoms with Crippen molar-refractivity contribution in [2.45, 2.75) is 4.90 Å². The van der Waals surface area contributed by atoms with E-state index < -0.39 is 32.3 Å². The van der Waals surface area contributed by atoms with E-state index in [1.807, 2.05) is 0 Å². The SMILES string of the molecule is O=C([O-])c1cc2ccccc2c(N=Nc2ccc3ccccc3c2S(=O)(=O)O)c1[O-].[Na+].[Na+]. The summed E-state index contributed by atoms with van der Waals surface area (Å²) in [6, 6.07) is 17.0. The average molecular weight is 466 g/mol. The Morgan fingerprint density at radius 2 is 1.44 bits per heavy atom. The van der Waals surface area contributed by atoms with Crippen LogP contribution in [0.15, 0.2) is 81.9 Å². The van der Waals surface area contributed by atoms with Gasteiger partial charge in [0.2, 0.25) is 0 Å². The summed E-state index contributed by atoms with van der Waals surface area (Å²) < 4.78 is 33.7. The molecule has 0 saturated carbocycles. The minimum absolute atomic E-state index is 0. The quantitative estimate of drug-likeness (QED) is 0.194. The van der Waals surface area contributed by atoms with Crippen molar-refractivity contribution >= 4 is 49.0 Å². The van der Waals surface area contributed by atoms with Crippen molar-refractivity contribution in [3.05, 3.63) is 72.3 Å². The van der Waals surface area contributed by atoms with Gasteiger partial charge >= 0.3 is 59.1 Å². The summed E-state index contributed by atoms with van der Waals surface area (Å²) in [5, 5.41) is 33.2. The first kappa shape index (κ1) is 26.4. The van der Waals surface area contributed by atoms with Crippen LogP contribution in [0.2, 0.25) is 0 Å². The largest absolute Gasteiger partial charge is 1.00 e. The first-order chi connectivity index (χ1) is 14.3. The van der Waals surface area contributed by atoms with E-state index >= 15 is 0 Å². The van der Waals surface area contributed by atoms with Crippen molar-refractivity contribution in [2.24, 2.45) is 10.2 Å². The van der Waals surface area contributed by atoms with Crippen LogP contribution in [0.25, 0.3) is 21.5 Å². The molecular formula is C21H12N2Na2O6S. The molecule has 11 heteroatoms. The third kappa shape index (κ3) is 5.05. The second-order valence-electron chi connectivity index (χ2n) is 6.42. The molecule has 0 unspecified atom stereocenters. The number of aromatic carboxylic acids is 1. The smallest absolute Gasteiger partial charge is 0.871 e. The van der Waals surface area contributed by atoms with Crippen molar-refractivity contribution in [2.75, 3.05) is 0 Å². The third-order valence-corrected chi connectivity index (χ3v) is 5.51. The monoisotopic (exact) mass is 466 g/mol. The molecule has 0 aliphatic heterocycles. The Labute approximate surface area is 227 Å². The molecule has 0 radical (unpaired) electrons. The summed E-state index contributed by atoms with van der Waals surface area (Å²) >= 11 is 0. The van der Waals surface area contributed by atoms with E-state index in [2.05, 4.69) is 10.2 Å². The van der Waals surface area contributed by atoms with Crippen LogP contribution < -0.4 is 69.3 Å². The number of benzene rings is 4. The molecule has 0 heterocycles. The molecule has 1 N–H and O–H groups in total. The number of fused-ring (bicyclic) bond motifs is 2. The maximum atomic E-state index is 12.6. The first-order valence-electron chi connectivity index (χ1n) is 8.62. The molecule has 0 atom stereocenters. The van der Waals surface area contributed by atoms with Crippen molar-refractivity contribution in [3.63, 3.8) is 0 Å². The molecule has 0 saturated heterocycles. The second kappa shape index (κ2) is 10.4. The number of hydrogen-bond donors (Lipinski definition) is 1. The number of carboxylic acid groups (broad SMARTS) is 1. The predicted molar refractivity (Wildman–Crippen MR) is 106 cm³/mol. The Bertz CT molecular complexity index is 1470. The molecule has 8 nitrogen and oxygen atoms in total. The van der Waals surface area contributed by atoms with Gasteiger partial charge in [0, 0.05) is 10.8 Å².